The Morgan fingerprint density at radius 2 is 1.97 bits per heavy atom. The number of anilines is 1. The van der Waals surface area contributed by atoms with Gasteiger partial charge in [0.25, 0.3) is 0 Å². The fourth-order valence-electron chi connectivity index (χ4n) is 4.82. The summed E-state index contributed by atoms with van der Waals surface area (Å²) < 4.78 is 7.89. The van der Waals surface area contributed by atoms with Crippen LogP contribution >= 0.6 is 0 Å². The maximum atomic E-state index is 13.4. The molecule has 176 valence electrons. The highest BCUT2D eigenvalue weighted by molar-refractivity contribution is 6.00. The number of aromatic nitrogens is 3. The number of nitrogens with zero attached hydrogens (tertiary/aromatic N) is 3. The minimum atomic E-state index is -0.370. The molecule has 0 amide bonds. The van der Waals surface area contributed by atoms with Gasteiger partial charge in [0.1, 0.15) is 18.4 Å². The first kappa shape index (κ1) is 22.3. The second-order valence-corrected chi connectivity index (χ2v) is 9.83. The van der Waals surface area contributed by atoms with Crippen LogP contribution in [0.15, 0.2) is 65.9 Å². The van der Waals surface area contributed by atoms with Crippen molar-refractivity contribution in [2.75, 3.05) is 11.9 Å². The third kappa shape index (κ3) is 4.48. The number of hydrogen-bond acceptors (Lipinski definition) is 6. The Kier molecular flexibility index (Phi) is 5.96. The predicted octanol–water partition coefficient (Wildman–Crippen LogP) is 4.44. The summed E-state index contributed by atoms with van der Waals surface area (Å²) in [4.78, 5) is 18.1. The lowest BCUT2D eigenvalue weighted by molar-refractivity contribution is -0.118. The van der Waals surface area contributed by atoms with Crippen molar-refractivity contribution in [1.29, 1.82) is 0 Å². The lowest BCUT2D eigenvalue weighted by Gasteiger charge is -2.38. The highest BCUT2D eigenvalue weighted by Crippen LogP contribution is 2.45. The number of rotatable bonds is 7. The molecule has 0 saturated carbocycles. The number of aliphatic hydroxyl groups is 1. The van der Waals surface area contributed by atoms with Gasteiger partial charge in [-0.2, -0.15) is 10.1 Å². The van der Waals surface area contributed by atoms with Crippen LogP contribution in [0.3, 0.4) is 0 Å². The van der Waals surface area contributed by atoms with Crippen LogP contribution in [0.5, 0.6) is 5.75 Å². The molecule has 0 bridgehead atoms. The number of ether oxygens (including phenoxy) is 1. The van der Waals surface area contributed by atoms with E-state index in [-0.39, 0.29) is 23.8 Å². The van der Waals surface area contributed by atoms with Gasteiger partial charge < -0.3 is 15.2 Å². The topological polar surface area (TPSA) is 89.3 Å². The summed E-state index contributed by atoms with van der Waals surface area (Å²) >= 11 is 0. The zero-order valence-electron chi connectivity index (χ0n) is 19.6. The minimum Gasteiger partial charge on any atom is -0.489 e. The number of allylic oxidation sites excluding steroid dienone is 2. The molecular formula is C27H30N4O3. The Hall–Kier alpha value is -3.45. The molecule has 0 radical (unpaired) electrons. The van der Waals surface area contributed by atoms with Crippen molar-refractivity contribution < 1.29 is 14.6 Å². The molecule has 1 aromatic heterocycles. The van der Waals surface area contributed by atoms with Gasteiger partial charge in [-0.1, -0.05) is 56.3 Å². The van der Waals surface area contributed by atoms with Crippen LogP contribution in [0.1, 0.15) is 56.1 Å². The smallest absolute Gasteiger partial charge is 0.226 e. The van der Waals surface area contributed by atoms with Crippen LogP contribution in [0.2, 0.25) is 0 Å². The van der Waals surface area contributed by atoms with Gasteiger partial charge in [-0.15, -0.1) is 0 Å². The van der Waals surface area contributed by atoms with E-state index in [1.807, 2.05) is 59.3 Å². The van der Waals surface area contributed by atoms with Gasteiger partial charge in [0.05, 0.1) is 0 Å². The van der Waals surface area contributed by atoms with Crippen molar-refractivity contribution in [1.82, 2.24) is 14.8 Å². The number of ketones is 1. The number of hydrogen-bond donors (Lipinski definition) is 2. The third-order valence-electron chi connectivity index (χ3n) is 6.36. The minimum absolute atomic E-state index is 0.0863. The summed E-state index contributed by atoms with van der Waals surface area (Å²) in [5, 5.41) is 17.4. The Labute approximate surface area is 199 Å². The molecule has 2 heterocycles. The van der Waals surface area contributed by atoms with Gasteiger partial charge in [-0.05, 0) is 41.5 Å². The van der Waals surface area contributed by atoms with Crippen LogP contribution in [0.25, 0.3) is 0 Å². The van der Waals surface area contributed by atoms with Gasteiger partial charge in [-0.3, -0.25) is 4.79 Å². The first-order valence-electron chi connectivity index (χ1n) is 11.8. The normalized spacial score (nSPS) is 18.8. The Morgan fingerprint density at radius 1 is 1.15 bits per heavy atom. The first-order valence-corrected chi connectivity index (χ1v) is 11.8. The number of Topliss-reactive ketones (excluding diaryl/α,β-unsaturated/α-hetero) is 1. The average Bonchev–Trinajstić information content (AvgIpc) is 3.22. The first-order chi connectivity index (χ1) is 16.4. The van der Waals surface area contributed by atoms with Crippen LogP contribution in [0, 0.1) is 5.41 Å². The number of aliphatic hydroxyl groups excluding tert-OH is 1. The Morgan fingerprint density at radius 3 is 2.76 bits per heavy atom. The van der Waals surface area contributed by atoms with E-state index in [4.69, 9.17) is 9.84 Å². The maximum absolute atomic E-state index is 13.4. The number of carbonyl (C=O) groups excluding carboxylic acids is 1. The van der Waals surface area contributed by atoms with Gasteiger partial charge in [0, 0.05) is 30.7 Å². The van der Waals surface area contributed by atoms with Gasteiger partial charge in [0.15, 0.2) is 11.6 Å². The van der Waals surface area contributed by atoms with Crippen LogP contribution in [-0.2, 0) is 17.8 Å². The number of nitrogens with one attached hydrogen (secondary N) is 1. The van der Waals surface area contributed by atoms with E-state index in [0.717, 1.165) is 34.6 Å². The van der Waals surface area contributed by atoms with E-state index < -0.39 is 0 Å². The molecule has 1 unspecified atom stereocenters. The monoisotopic (exact) mass is 458 g/mol. The molecule has 34 heavy (non-hydrogen) atoms. The van der Waals surface area contributed by atoms with E-state index in [0.29, 0.717) is 37.6 Å². The highest BCUT2D eigenvalue weighted by atomic mass is 16.5. The van der Waals surface area contributed by atoms with Gasteiger partial charge in [0.2, 0.25) is 5.95 Å². The zero-order chi connectivity index (χ0) is 23.7. The molecule has 2 aliphatic rings. The van der Waals surface area contributed by atoms with Crippen LogP contribution < -0.4 is 10.1 Å². The molecule has 3 aromatic rings. The molecule has 5 rings (SSSR count). The lowest BCUT2D eigenvalue weighted by Crippen LogP contribution is -2.36. The van der Waals surface area contributed by atoms with Crippen molar-refractivity contribution in [3.8, 4) is 5.75 Å². The van der Waals surface area contributed by atoms with Crippen LogP contribution in [0.4, 0.5) is 5.95 Å². The standard InChI is InChI=1S/C27H30N4O3/c1-27(2)15-21-24(22(33)16-27)25(31-26(28-21)29-23(30-31)12-7-13-32)19-10-6-11-20(14-19)34-17-18-8-4-3-5-9-18/h3-6,8-11,14,25,32H,7,12-13,15-17H2,1-2H3,(H,28,29,30). The molecule has 2 aromatic carbocycles. The average molecular weight is 459 g/mol. The van der Waals surface area contributed by atoms with E-state index in [2.05, 4.69) is 24.1 Å². The largest absolute Gasteiger partial charge is 0.489 e. The van der Waals surface area contributed by atoms with E-state index in [1.54, 1.807) is 0 Å². The quantitative estimate of drug-likeness (QED) is 0.544. The molecule has 0 saturated heterocycles. The molecule has 1 atom stereocenters. The molecule has 0 spiro atoms. The summed E-state index contributed by atoms with van der Waals surface area (Å²) in [7, 11) is 0. The fraction of sp³-hybridized carbons (Fsp3) is 0.370. The Bertz CT molecular complexity index is 1230. The van der Waals surface area contributed by atoms with E-state index in [9.17, 15) is 9.90 Å². The van der Waals surface area contributed by atoms with Crippen molar-refractivity contribution in [3.63, 3.8) is 0 Å². The molecule has 2 N–H and O–H groups in total. The summed E-state index contributed by atoms with van der Waals surface area (Å²) in [6.07, 6.45) is 2.44. The van der Waals surface area contributed by atoms with E-state index >= 15 is 0 Å². The molecule has 1 aliphatic heterocycles. The Balaban J connectivity index is 1.52. The maximum Gasteiger partial charge on any atom is 0.226 e. The summed E-state index contributed by atoms with van der Waals surface area (Å²) in [5.41, 5.74) is 3.60. The van der Waals surface area contributed by atoms with Crippen molar-refractivity contribution in [2.24, 2.45) is 5.41 Å². The van der Waals surface area contributed by atoms with Crippen molar-refractivity contribution >= 4 is 11.7 Å². The predicted molar refractivity (Wildman–Crippen MR) is 129 cm³/mol. The zero-order valence-corrected chi connectivity index (χ0v) is 19.6. The van der Waals surface area contributed by atoms with Gasteiger partial charge in [-0.25, -0.2) is 4.68 Å². The molecule has 1 aliphatic carbocycles. The summed E-state index contributed by atoms with van der Waals surface area (Å²) in [6.45, 7) is 4.80. The lowest BCUT2D eigenvalue weighted by atomic mass is 9.73. The number of aryl methyl sites for hydroxylation is 1. The molecule has 0 fully saturated rings. The highest BCUT2D eigenvalue weighted by Gasteiger charge is 2.41. The van der Waals surface area contributed by atoms with Crippen molar-refractivity contribution in [2.45, 2.75) is 52.2 Å². The number of fused-ring (bicyclic) bond motifs is 1. The van der Waals surface area contributed by atoms with Crippen LogP contribution in [-0.4, -0.2) is 32.3 Å². The molecule has 7 heteroatoms. The second-order valence-electron chi connectivity index (χ2n) is 9.83. The SMILES string of the molecule is CC1(C)CC(=O)C2=C(C1)Nc1nc(CCCO)nn1C2c1cccc(OCc2ccccc2)c1. The fourth-order valence-corrected chi connectivity index (χ4v) is 4.82. The molecule has 7 nitrogen and oxygen atoms in total. The number of benzene rings is 2. The van der Waals surface area contributed by atoms with E-state index in [1.165, 1.54) is 0 Å². The third-order valence-corrected chi connectivity index (χ3v) is 6.36. The van der Waals surface area contributed by atoms with Crippen molar-refractivity contribution in [3.05, 3.63) is 82.8 Å². The van der Waals surface area contributed by atoms with Gasteiger partial charge >= 0.3 is 0 Å². The summed E-state index contributed by atoms with van der Waals surface area (Å²) in [5.74, 6) is 2.17. The molecular weight excluding hydrogens is 428 g/mol. The summed E-state index contributed by atoms with van der Waals surface area (Å²) in [6, 6.07) is 17.6. The number of carbonyl (C=O) groups is 1. The second kappa shape index (κ2) is 9.06.